The number of ether oxygens (including phenoxy) is 2. The normalized spacial score (nSPS) is 19.3. The molecule has 2 atom stereocenters. The average molecular weight is 341 g/mol. The number of benzene rings is 1. The minimum absolute atomic E-state index is 0.209. The minimum Gasteiger partial charge on any atom is -0.377 e. The first kappa shape index (κ1) is 18.6. The highest BCUT2D eigenvalue weighted by Gasteiger charge is 2.15. The number of nitrogens with one attached hydrogen (secondary N) is 2. The molecule has 0 amide bonds. The van der Waals surface area contributed by atoms with Crippen LogP contribution < -0.4 is 10.6 Å². The van der Waals surface area contributed by atoms with Gasteiger partial charge in [-0.15, -0.1) is 0 Å². The zero-order valence-electron chi connectivity index (χ0n) is 14.1. The van der Waals surface area contributed by atoms with Crippen LogP contribution >= 0.6 is 0 Å². The van der Waals surface area contributed by atoms with Gasteiger partial charge in [-0.05, 0) is 37.5 Å². The molecule has 1 saturated heterocycles. The van der Waals surface area contributed by atoms with Crippen LogP contribution in [0.1, 0.15) is 31.4 Å². The molecule has 2 N–H and O–H groups in total. The Morgan fingerprint density at radius 2 is 2.25 bits per heavy atom. The number of aliphatic imine (C=N–C) groups is 1. The highest BCUT2D eigenvalue weighted by Crippen LogP contribution is 2.15. The Labute approximate surface area is 141 Å². The van der Waals surface area contributed by atoms with Gasteiger partial charge in [0.25, 0.3) is 0 Å². The second kappa shape index (κ2) is 9.54. The largest absolute Gasteiger partial charge is 0.377 e. The van der Waals surface area contributed by atoms with Gasteiger partial charge in [0.1, 0.15) is 0 Å². The molecule has 1 aromatic rings. The van der Waals surface area contributed by atoms with E-state index < -0.39 is 11.6 Å². The van der Waals surface area contributed by atoms with Gasteiger partial charge in [-0.3, -0.25) is 4.99 Å². The maximum absolute atomic E-state index is 13.3. The predicted octanol–water partition coefficient (Wildman–Crippen LogP) is 2.39. The predicted molar refractivity (Wildman–Crippen MR) is 89.1 cm³/mol. The number of guanidine groups is 1. The quantitative estimate of drug-likeness (QED) is 0.454. The van der Waals surface area contributed by atoms with Gasteiger partial charge in [0.2, 0.25) is 0 Å². The van der Waals surface area contributed by atoms with E-state index in [9.17, 15) is 8.78 Å². The summed E-state index contributed by atoms with van der Waals surface area (Å²) in [6.07, 6.45) is 2.38. The second-order valence-electron chi connectivity index (χ2n) is 5.75. The smallest absolute Gasteiger partial charge is 0.191 e. The monoisotopic (exact) mass is 341 g/mol. The second-order valence-corrected chi connectivity index (χ2v) is 5.75. The summed E-state index contributed by atoms with van der Waals surface area (Å²) in [6, 6.07) is 3.65. The highest BCUT2D eigenvalue weighted by atomic mass is 19.2. The van der Waals surface area contributed by atoms with E-state index in [2.05, 4.69) is 15.6 Å². The van der Waals surface area contributed by atoms with Gasteiger partial charge >= 0.3 is 0 Å². The summed E-state index contributed by atoms with van der Waals surface area (Å²) in [7, 11) is 1.65. The molecule has 134 valence electrons. The molecule has 1 aromatic carbocycles. The Morgan fingerprint density at radius 3 is 2.92 bits per heavy atom. The SMILES string of the molecule is CN=C(NCCOCC1CCCO1)NC(C)c1ccc(F)c(F)c1. The Morgan fingerprint density at radius 1 is 1.42 bits per heavy atom. The van der Waals surface area contributed by atoms with Crippen molar-refractivity contribution in [3.05, 3.63) is 35.4 Å². The lowest BCUT2D eigenvalue weighted by Crippen LogP contribution is -2.40. The average Bonchev–Trinajstić information content (AvgIpc) is 3.09. The number of rotatable bonds is 7. The van der Waals surface area contributed by atoms with Crippen molar-refractivity contribution in [1.29, 1.82) is 0 Å². The molecule has 1 aliphatic rings. The molecule has 24 heavy (non-hydrogen) atoms. The number of nitrogens with zero attached hydrogens (tertiary/aromatic N) is 1. The third-order valence-corrected chi connectivity index (χ3v) is 3.89. The molecule has 2 rings (SSSR count). The number of hydrogen-bond acceptors (Lipinski definition) is 3. The van der Waals surface area contributed by atoms with Crippen LogP contribution in [0.15, 0.2) is 23.2 Å². The topological polar surface area (TPSA) is 54.9 Å². The molecule has 5 nitrogen and oxygen atoms in total. The Balaban J connectivity index is 1.70. The zero-order chi connectivity index (χ0) is 17.4. The van der Waals surface area contributed by atoms with E-state index in [1.54, 1.807) is 13.1 Å². The fourth-order valence-electron chi connectivity index (χ4n) is 2.50. The molecule has 0 spiro atoms. The summed E-state index contributed by atoms with van der Waals surface area (Å²) in [6.45, 7) is 4.42. The van der Waals surface area contributed by atoms with Crippen molar-refractivity contribution in [3.63, 3.8) is 0 Å². The molecule has 1 heterocycles. The molecule has 2 unspecified atom stereocenters. The Kier molecular flexibility index (Phi) is 7.39. The van der Waals surface area contributed by atoms with Gasteiger partial charge in [-0.1, -0.05) is 6.07 Å². The van der Waals surface area contributed by atoms with Crippen molar-refractivity contribution in [2.75, 3.05) is 33.4 Å². The van der Waals surface area contributed by atoms with Crippen molar-refractivity contribution < 1.29 is 18.3 Å². The van der Waals surface area contributed by atoms with E-state index in [-0.39, 0.29) is 12.1 Å². The van der Waals surface area contributed by atoms with E-state index in [0.717, 1.165) is 25.5 Å². The molecule has 1 fully saturated rings. The molecular weight excluding hydrogens is 316 g/mol. The standard InChI is InChI=1S/C17H25F2N3O2/c1-12(13-5-6-15(18)16(19)10-13)22-17(20-2)21-7-9-23-11-14-4-3-8-24-14/h5-6,10,12,14H,3-4,7-9,11H2,1-2H3,(H2,20,21,22). The lowest BCUT2D eigenvalue weighted by atomic mass is 10.1. The lowest BCUT2D eigenvalue weighted by molar-refractivity contribution is 0.0191. The van der Waals surface area contributed by atoms with Gasteiger partial charge in [-0.2, -0.15) is 0 Å². The Bertz CT molecular complexity index is 549. The van der Waals surface area contributed by atoms with Crippen LogP contribution in [0.5, 0.6) is 0 Å². The molecule has 0 aromatic heterocycles. The molecule has 0 saturated carbocycles. The minimum atomic E-state index is -0.855. The zero-order valence-corrected chi connectivity index (χ0v) is 14.1. The van der Waals surface area contributed by atoms with E-state index in [0.29, 0.717) is 31.3 Å². The van der Waals surface area contributed by atoms with Crippen molar-refractivity contribution in [2.24, 2.45) is 4.99 Å². The first-order valence-corrected chi connectivity index (χ1v) is 8.21. The summed E-state index contributed by atoms with van der Waals surface area (Å²) in [5.74, 6) is -1.13. The van der Waals surface area contributed by atoms with Crippen LogP contribution in [-0.2, 0) is 9.47 Å². The lowest BCUT2D eigenvalue weighted by Gasteiger charge is -2.18. The molecule has 0 aliphatic carbocycles. The van der Waals surface area contributed by atoms with E-state index in [4.69, 9.17) is 9.47 Å². The van der Waals surface area contributed by atoms with Crippen LogP contribution in [0.25, 0.3) is 0 Å². The summed E-state index contributed by atoms with van der Waals surface area (Å²) in [5.41, 5.74) is 0.645. The molecule has 0 radical (unpaired) electrons. The molecule has 7 heteroatoms. The van der Waals surface area contributed by atoms with E-state index in [1.807, 2.05) is 6.92 Å². The van der Waals surface area contributed by atoms with Gasteiger partial charge in [0.05, 0.1) is 25.4 Å². The van der Waals surface area contributed by atoms with Gasteiger partial charge < -0.3 is 20.1 Å². The maximum Gasteiger partial charge on any atom is 0.191 e. The van der Waals surface area contributed by atoms with Crippen molar-refractivity contribution in [2.45, 2.75) is 31.9 Å². The highest BCUT2D eigenvalue weighted by molar-refractivity contribution is 5.80. The van der Waals surface area contributed by atoms with Gasteiger partial charge in [0.15, 0.2) is 17.6 Å². The summed E-state index contributed by atoms with van der Waals surface area (Å²) < 4.78 is 37.3. The third kappa shape index (κ3) is 5.72. The van der Waals surface area contributed by atoms with Crippen molar-refractivity contribution >= 4 is 5.96 Å². The Hall–Kier alpha value is -1.73. The summed E-state index contributed by atoms with van der Waals surface area (Å²) in [5, 5.41) is 6.26. The number of hydrogen-bond donors (Lipinski definition) is 2. The van der Waals surface area contributed by atoms with Crippen LogP contribution in [0.2, 0.25) is 0 Å². The molecule has 0 bridgehead atoms. The molecular formula is C17H25F2N3O2. The first-order valence-electron chi connectivity index (χ1n) is 8.21. The van der Waals surface area contributed by atoms with E-state index >= 15 is 0 Å². The van der Waals surface area contributed by atoms with Crippen LogP contribution in [-0.4, -0.2) is 45.5 Å². The first-order chi connectivity index (χ1) is 11.6. The fraction of sp³-hybridized carbons (Fsp3) is 0.588. The summed E-state index contributed by atoms with van der Waals surface area (Å²) >= 11 is 0. The van der Waals surface area contributed by atoms with Crippen LogP contribution in [0.4, 0.5) is 8.78 Å². The van der Waals surface area contributed by atoms with Crippen molar-refractivity contribution in [1.82, 2.24) is 10.6 Å². The van der Waals surface area contributed by atoms with Crippen LogP contribution in [0, 0.1) is 11.6 Å². The third-order valence-electron chi connectivity index (χ3n) is 3.89. The van der Waals surface area contributed by atoms with Gasteiger partial charge in [0, 0.05) is 20.2 Å². The van der Waals surface area contributed by atoms with Crippen molar-refractivity contribution in [3.8, 4) is 0 Å². The number of halogens is 2. The fourth-order valence-corrected chi connectivity index (χ4v) is 2.50. The van der Waals surface area contributed by atoms with Gasteiger partial charge in [-0.25, -0.2) is 8.78 Å². The van der Waals surface area contributed by atoms with Crippen LogP contribution in [0.3, 0.4) is 0 Å². The van der Waals surface area contributed by atoms with E-state index in [1.165, 1.54) is 6.07 Å². The summed E-state index contributed by atoms with van der Waals surface area (Å²) in [4.78, 5) is 4.11. The molecule has 1 aliphatic heterocycles. The maximum atomic E-state index is 13.3.